The number of carbonyl (C=O) groups is 1. The van der Waals surface area contributed by atoms with Gasteiger partial charge in [-0.25, -0.2) is 0 Å². The van der Waals surface area contributed by atoms with Crippen molar-refractivity contribution in [2.75, 3.05) is 13.2 Å². The highest BCUT2D eigenvalue weighted by Gasteiger charge is 2.28. The van der Waals surface area contributed by atoms with E-state index in [4.69, 9.17) is 16.3 Å². The van der Waals surface area contributed by atoms with Crippen LogP contribution in [0.15, 0.2) is 42.1 Å². The van der Waals surface area contributed by atoms with Crippen LogP contribution in [0.5, 0.6) is 0 Å². The van der Waals surface area contributed by atoms with Gasteiger partial charge in [0.1, 0.15) is 5.70 Å². The fourth-order valence-electron chi connectivity index (χ4n) is 2.24. The number of aliphatic hydroxyl groups excluding tert-OH is 1. The van der Waals surface area contributed by atoms with Crippen LogP contribution >= 0.6 is 11.6 Å². The lowest BCUT2D eigenvalue weighted by molar-refractivity contribution is -0.119. The second-order valence-corrected chi connectivity index (χ2v) is 5.54. The molecule has 0 radical (unpaired) electrons. The molecule has 2 aliphatic rings. The van der Waals surface area contributed by atoms with Gasteiger partial charge in [0.2, 0.25) is 0 Å². The molecule has 0 aliphatic carbocycles. The molecular formula is C15H16ClN3O3. The molecule has 1 fully saturated rings. The lowest BCUT2D eigenvalue weighted by Gasteiger charge is -2.21. The lowest BCUT2D eigenvalue weighted by atomic mass is 10.1. The summed E-state index contributed by atoms with van der Waals surface area (Å²) in [6.07, 6.45) is 2.81. The molecule has 1 aromatic rings. The van der Waals surface area contributed by atoms with Crippen LogP contribution in [0.25, 0.3) is 5.70 Å². The van der Waals surface area contributed by atoms with Crippen molar-refractivity contribution >= 4 is 23.2 Å². The van der Waals surface area contributed by atoms with E-state index in [-0.39, 0.29) is 18.6 Å². The molecule has 2 heterocycles. The summed E-state index contributed by atoms with van der Waals surface area (Å²) in [4.78, 5) is 12.1. The molecule has 22 heavy (non-hydrogen) atoms. The van der Waals surface area contributed by atoms with Gasteiger partial charge in [0.05, 0.1) is 31.1 Å². The second-order valence-electron chi connectivity index (χ2n) is 5.10. The highest BCUT2D eigenvalue weighted by molar-refractivity contribution is 6.30. The van der Waals surface area contributed by atoms with Gasteiger partial charge in [0.25, 0.3) is 5.91 Å². The summed E-state index contributed by atoms with van der Waals surface area (Å²) < 4.78 is 5.10. The Hall–Kier alpha value is -2.02. The van der Waals surface area contributed by atoms with Gasteiger partial charge < -0.3 is 20.6 Å². The Labute approximate surface area is 132 Å². The normalized spacial score (nSPS) is 23.9. The highest BCUT2D eigenvalue weighted by atomic mass is 35.5. The minimum absolute atomic E-state index is 0.246. The number of hydrazine groups is 1. The maximum absolute atomic E-state index is 12.1. The van der Waals surface area contributed by atoms with Crippen molar-refractivity contribution in [1.82, 2.24) is 16.2 Å². The maximum atomic E-state index is 12.1. The summed E-state index contributed by atoms with van der Waals surface area (Å²) in [7, 11) is 0. The summed E-state index contributed by atoms with van der Waals surface area (Å²) in [5, 5.41) is 13.0. The Balaban J connectivity index is 1.66. The first kappa shape index (κ1) is 14.9. The van der Waals surface area contributed by atoms with Crippen molar-refractivity contribution in [3.8, 4) is 0 Å². The largest absolute Gasteiger partial charge is 0.388 e. The maximum Gasteiger partial charge on any atom is 0.269 e. The van der Waals surface area contributed by atoms with E-state index in [1.807, 2.05) is 12.1 Å². The van der Waals surface area contributed by atoms with E-state index < -0.39 is 6.10 Å². The van der Waals surface area contributed by atoms with Crippen molar-refractivity contribution in [1.29, 1.82) is 0 Å². The molecule has 2 unspecified atom stereocenters. The smallest absolute Gasteiger partial charge is 0.269 e. The van der Waals surface area contributed by atoms with Crippen LogP contribution in [-0.2, 0) is 9.53 Å². The third kappa shape index (κ3) is 3.24. The number of nitrogens with one attached hydrogen (secondary N) is 3. The molecule has 2 atom stereocenters. The predicted molar refractivity (Wildman–Crippen MR) is 82.5 cm³/mol. The number of ether oxygens (including phenoxy) is 1. The Morgan fingerprint density at radius 1 is 1.23 bits per heavy atom. The zero-order valence-corrected chi connectivity index (χ0v) is 12.4. The average Bonchev–Trinajstić information content (AvgIpc) is 2.93. The molecule has 7 heteroatoms. The number of halogens is 1. The molecule has 0 spiro atoms. The van der Waals surface area contributed by atoms with E-state index in [1.165, 1.54) is 0 Å². The van der Waals surface area contributed by atoms with Gasteiger partial charge in [0.15, 0.2) is 0 Å². The van der Waals surface area contributed by atoms with Crippen molar-refractivity contribution in [3.63, 3.8) is 0 Å². The molecule has 0 saturated carbocycles. The van der Waals surface area contributed by atoms with Crippen LogP contribution in [0.2, 0.25) is 5.02 Å². The summed E-state index contributed by atoms with van der Waals surface area (Å²) in [5.74, 6) is -0.298. The highest BCUT2D eigenvalue weighted by Crippen LogP contribution is 2.17. The van der Waals surface area contributed by atoms with Crippen LogP contribution in [0, 0.1) is 0 Å². The van der Waals surface area contributed by atoms with Crippen molar-refractivity contribution < 1.29 is 14.6 Å². The summed E-state index contributed by atoms with van der Waals surface area (Å²) in [5.41, 5.74) is 7.97. The van der Waals surface area contributed by atoms with E-state index in [2.05, 4.69) is 16.2 Å². The van der Waals surface area contributed by atoms with Gasteiger partial charge in [-0.1, -0.05) is 23.7 Å². The first-order valence-corrected chi connectivity index (χ1v) is 7.28. The molecule has 0 bridgehead atoms. The average molecular weight is 322 g/mol. The van der Waals surface area contributed by atoms with E-state index >= 15 is 0 Å². The third-order valence-corrected chi connectivity index (χ3v) is 3.77. The van der Waals surface area contributed by atoms with E-state index in [0.717, 1.165) is 11.3 Å². The molecule has 1 saturated heterocycles. The first-order chi connectivity index (χ1) is 10.6. The second kappa shape index (κ2) is 6.39. The van der Waals surface area contributed by atoms with Crippen LogP contribution in [-0.4, -0.2) is 36.4 Å². The first-order valence-electron chi connectivity index (χ1n) is 6.90. The number of hydrogen-bond acceptors (Lipinski definition) is 5. The van der Waals surface area contributed by atoms with Crippen molar-refractivity contribution in [3.05, 3.63) is 52.7 Å². The van der Waals surface area contributed by atoms with Gasteiger partial charge in [-0.3, -0.25) is 10.2 Å². The van der Waals surface area contributed by atoms with Gasteiger partial charge >= 0.3 is 0 Å². The number of amides is 1. The standard InChI is InChI=1S/C15H16ClN3O3/c16-10-3-1-9(2-4-10)11-5-6-12(19-18-11)15(21)17-13-7-22-8-14(13)20/h1-6,13-14,18-20H,7-8H2,(H,17,21). The van der Waals surface area contributed by atoms with Gasteiger partial charge in [0, 0.05) is 5.02 Å². The summed E-state index contributed by atoms with van der Waals surface area (Å²) in [6, 6.07) is 6.98. The van der Waals surface area contributed by atoms with Crippen molar-refractivity contribution in [2.24, 2.45) is 0 Å². The van der Waals surface area contributed by atoms with Crippen molar-refractivity contribution in [2.45, 2.75) is 12.1 Å². The number of rotatable bonds is 3. The van der Waals surface area contributed by atoms with Gasteiger partial charge in [-0.15, -0.1) is 0 Å². The van der Waals surface area contributed by atoms with Gasteiger partial charge in [-0.2, -0.15) is 0 Å². The molecule has 3 rings (SSSR count). The van der Waals surface area contributed by atoms with Crippen LogP contribution in [0.4, 0.5) is 0 Å². The van der Waals surface area contributed by atoms with Crippen LogP contribution in [0.1, 0.15) is 5.56 Å². The fraction of sp³-hybridized carbons (Fsp3) is 0.267. The SMILES string of the molecule is O=C(NC1COCC1O)C1=CC=C(c2ccc(Cl)cc2)NN1. The lowest BCUT2D eigenvalue weighted by Crippen LogP contribution is -2.47. The zero-order chi connectivity index (χ0) is 15.5. The summed E-state index contributed by atoms with van der Waals surface area (Å²) in [6.45, 7) is 0.565. The Kier molecular flexibility index (Phi) is 4.33. The Bertz CT molecular complexity index is 627. The fourth-order valence-corrected chi connectivity index (χ4v) is 2.37. The summed E-state index contributed by atoms with van der Waals surface area (Å²) >= 11 is 5.86. The zero-order valence-electron chi connectivity index (χ0n) is 11.7. The van der Waals surface area contributed by atoms with Crippen LogP contribution in [0.3, 0.4) is 0 Å². The minimum atomic E-state index is -0.665. The quantitative estimate of drug-likeness (QED) is 0.653. The molecule has 1 amide bonds. The number of carbonyl (C=O) groups excluding carboxylic acids is 1. The predicted octanol–water partition coefficient (Wildman–Crippen LogP) is 0.548. The monoisotopic (exact) mass is 321 g/mol. The molecule has 6 nitrogen and oxygen atoms in total. The topological polar surface area (TPSA) is 82.6 Å². The van der Waals surface area contributed by atoms with E-state index in [1.54, 1.807) is 24.3 Å². The number of hydrogen-bond donors (Lipinski definition) is 4. The number of benzene rings is 1. The van der Waals surface area contributed by atoms with Gasteiger partial charge in [-0.05, 0) is 29.8 Å². The molecular weight excluding hydrogens is 306 g/mol. The number of allylic oxidation sites excluding steroid dienone is 2. The van der Waals surface area contributed by atoms with Crippen LogP contribution < -0.4 is 16.2 Å². The van der Waals surface area contributed by atoms with E-state index in [9.17, 15) is 9.90 Å². The molecule has 116 valence electrons. The third-order valence-electron chi connectivity index (χ3n) is 3.52. The molecule has 2 aliphatic heterocycles. The van der Waals surface area contributed by atoms with E-state index in [0.29, 0.717) is 17.3 Å². The molecule has 0 aromatic heterocycles. The minimum Gasteiger partial charge on any atom is -0.388 e. The Morgan fingerprint density at radius 3 is 2.59 bits per heavy atom. The number of aliphatic hydroxyl groups is 1. The Morgan fingerprint density at radius 2 is 2.00 bits per heavy atom. The molecule has 1 aromatic carbocycles. The molecule has 4 N–H and O–H groups in total.